The monoisotopic (exact) mass is 295 g/mol. The van der Waals surface area contributed by atoms with Crippen molar-refractivity contribution in [1.29, 1.82) is 0 Å². The Labute approximate surface area is 121 Å². The summed E-state index contributed by atoms with van der Waals surface area (Å²) in [6.45, 7) is 1.89. The standard InChI is InChI=1S/C14H18FN3O3/c15-11-4-1-5-12(18(20)21)14(11)17-13(19)7-6-10-3-2-8-16-9-10/h1,4-5,10,16H,2-3,6-9H2,(H,17,19). The molecule has 0 aromatic heterocycles. The highest BCUT2D eigenvalue weighted by Gasteiger charge is 2.20. The Bertz CT molecular complexity index is 530. The molecule has 1 aromatic carbocycles. The van der Waals surface area contributed by atoms with Crippen molar-refractivity contribution in [2.45, 2.75) is 25.7 Å². The first-order chi connectivity index (χ1) is 10.1. The van der Waals surface area contributed by atoms with E-state index in [-0.39, 0.29) is 12.1 Å². The molecule has 1 saturated heterocycles. The fourth-order valence-corrected chi connectivity index (χ4v) is 2.50. The minimum absolute atomic E-state index is 0.234. The van der Waals surface area contributed by atoms with Crippen molar-refractivity contribution >= 4 is 17.3 Å². The molecule has 7 heteroatoms. The van der Waals surface area contributed by atoms with E-state index < -0.39 is 22.3 Å². The summed E-state index contributed by atoms with van der Waals surface area (Å²) in [6.07, 6.45) is 3.09. The summed E-state index contributed by atoms with van der Waals surface area (Å²) in [4.78, 5) is 22.0. The van der Waals surface area contributed by atoms with Gasteiger partial charge < -0.3 is 10.6 Å². The van der Waals surface area contributed by atoms with Crippen LogP contribution in [-0.4, -0.2) is 23.9 Å². The Kier molecular flexibility index (Phi) is 5.21. The van der Waals surface area contributed by atoms with Crippen molar-refractivity contribution in [2.24, 2.45) is 5.92 Å². The highest BCUT2D eigenvalue weighted by atomic mass is 19.1. The molecular formula is C14H18FN3O3. The van der Waals surface area contributed by atoms with E-state index in [1.165, 1.54) is 12.1 Å². The lowest BCUT2D eigenvalue weighted by Crippen LogP contribution is -2.30. The predicted molar refractivity (Wildman–Crippen MR) is 76.5 cm³/mol. The number of nitro groups is 1. The summed E-state index contributed by atoms with van der Waals surface area (Å²) in [5, 5.41) is 16.4. The van der Waals surface area contributed by atoms with Crippen molar-refractivity contribution < 1.29 is 14.1 Å². The molecule has 2 rings (SSSR count). The molecule has 0 spiro atoms. The minimum atomic E-state index is -0.795. The Hall–Kier alpha value is -2.02. The number of hydrogen-bond donors (Lipinski definition) is 2. The first-order valence-electron chi connectivity index (χ1n) is 7.01. The van der Waals surface area contributed by atoms with Crippen molar-refractivity contribution in [3.05, 3.63) is 34.1 Å². The molecule has 1 heterocycles. The third-order valence-electron chi connectivity index (χ3n) is 3.63. The number of carbonyl (C=O) groups excluding carboxylic acids is 1. The number of benzene rings is 1. The van der Waals surface area contributed by atoms with Gasteiger partial charge in [0.2, 0.25) is 5.91 Å². The van der Waals surface area contributed by atoms with Crippen LogP contribution in [0.2, 0.25) is 0 Å². The number of amides is 1. The van der Waals surface area contributed by atoms with Crippen molar-refractivity contribution in [2.75, 3.05) is 18.4 Å². The minimum Gasteiger partial charge on any atom is -0.318 e. The van der Waals surface area contributed by atoms with Crippen LogP contribution in [0.3, 0.4) is 0 Å². The fraction of sp³-hybridized carbons (Fsp3) is 0.500. The van der Waals surface area contributed by atoms with Gasteiger partial charge >= 0.3 is 0 Å². The van der Waals surface area contributed by atoms with Crippen molar-refractivity contribution in [1.82, 2.24) is 5.32 Å². The van der Waals surface area contributed by atoms with Crippen LogP contribution < -0.4 is 10.6 Å². The second kappa shape index (κ2) is 7.12. The maximum Gasteiger partial charge on any atom is 0.295 e. The van der Waals surface area contributed by atoms with Gasteiger partial charge in [0.05, 0.1) is 4.92 Å². The highest BCUT2D eigenvalue weighted by molar-refractivity contribution is 5.93. The van der Waals surface area contributed by atoms with Crippen LogP contribution in [0.4, 0.5) is 15.8 Å². The number of rotatable bonds is 5. The zero-order valence-corrected chi connectivity index (χ0v) is 11.6. The van der Waals surface area contributed by atoms with E-state index in [1.807, 2.05) is 0 Å². The van der Waals surface area contributed by atoms with E-state index in [0.29, 0.717) is 12.3 Å². The number of nitrogens with one attached hydrogen (secondary N) is 2. The SMILES string of the molecule is O=C(CCC1CCCNC1)Nc1c(F)cccc1[N+](=O)[O-]. The van der Waals surface area contributed by atoms with Gasteiger partial charge in [-0.2, -0.15) is 0 Å². The maximum atomic E-state index is 13.6. The molecule has 1 aromatic rings. The summed E-state index contributed by atoms with van der Waals surface area (Å²) < 4.78 is 13.6. The van der Waals surface area contributed by atoms with E-state index in [9.17, 15) is 19.3 Å². The van der Waals surface area contributed by atoms with Gasteiger partial charge in [0.25, 0.3) is 5.69 Å². The van der Waals surface area contributed by atoms with Gasteiger partial charge in [-0.3, -0.25) is 14.9 Å². The van der Waals surface area contributed by atoms with Gasteiger partial charge in [0.15, 0.2) is 11.5 Å². The smallest absolute Gasteiger partial charge is 0.295 e. The molecule has 0 saturated carbocycles. The van der Waals surface area contributed by atoms with E-state index in [4.69, 9.17) is 0 Å². The number of hydrogen-bond acceptors (Lipinski definition) is 4. The van der Waals surface area contributed by atoms with E-state index in [2.05, 4.69) is 10.6 Å². The van der Waals surface area contributed by atoms with Crippen LogP contribution in [0.25, 0.3) is 0 Å². The Morgan fingerprint density at radius 2 is 2.33 bits per heavy atom. The van der Waals surface area contributed by atoms with Gasteiger partial charge in [0, 0.05) is 12.5 Å². The molecule has 0 bridgehead atoms. The van der Waals surface area contributed by atoms with E-state index in [0.717, 1.165) is 32.0 Å². The topological polar surface area (TPSA) is 84.3 Å². The number of piperidine rings is 1. The fourth-order valence-electron chi connectivity index (χ4n) is 2.50. The molecule has 1 amide bonds. The van der Waals surface area contributed by atoms with Crippen LogP contribution in [-0.2, 0) is 4.79 Å². The van der Waals surface area contributed by atoms with Crippen LogP contribution in [0.5, 0.6) is 0 Å². The third kappa shape index (κ3) is 4.22. The summed E-state index contributed by atoms with van der Waals surface area (Å²) in [6, 6.07) is 3.51. The lowest BCUT2D eigenvalue weighted by atomic mass is 9.94. The average molecular weight is 295 g/mol. The summed E-state index contributed by atoms with van der Waals surface area (Å²) in [5.74, 6) is -0.759. The summed E-state index contributed by atoms with van der Waals surface area (Å²) in [5.41, 5.74) is -0.781. The second-order valence-electron chi connectivity index (χ2n) is 5.19. The number of para-hydroxylation sites is 1. The molecule has 1 fully saturated rings. The third-order valence-corrected chi connectivity index (χ3v) is 3.63. The molecule has 2 N–H and O–H groups in total. The normalized spacial score (nSPS) is 18.2. The lowest BCUT2D eigenvalue weighted by molar-refractivity contribution is -0.384. The molecule has 1 unspecified atom stereocenters. The molecule has 0 radical (unpaired) electrons. The van der Waals surface area contributed by atoms with Gasteiger partial charge in [0.1, 0.15) is 0 Å². The van der Waals surface area contributed by atoms with Gasteiger partial charge in [-0.1, -0.05) is 6.07 Å². The van der Waals surface area contributed by atoms with Gasteiger partial charge in [-0.05, 0) is 44.3 Å². The first kappa shape index (κ1) is 15.4. The van der Waals surface area contributed by atoms with Crippen LogP contribution in [0, 0.1) is 21.8 Å². The van der Waals surface area contributed by atoms with Crippen molar-refractivity contribution in [3.63, 3.8) is 0 Å². The molecular weight excluding hydrogens is 277 g/mol. The van der Waals surface area contributed by atoms with Crippen LogP contribution in [0.1, 0.15) is 25.7 Å². The number of nitrogens with zero attached hydrogens (tertiary/aromatic N) is 1. The second-order valence-corrected chi connectivity index (χ2v) is 5.19. The van der Waals surface area contributed by atoms with Crippen LogP contribution in [0.15, 0.2) is 18.2 Å². The number of anilines is 1. The van der Waals surface area contributed by atoms with Crippen molar-refractivity contribution in [3.8, 4) is 0 Å². The number of nitro benzene ring substituents is 1. The summed E-state index contributed by atoms with van der Waals surface area (Å²) in [7, 11) is 0. The first-order valence-corrected chi connectivity index (χ1v) is 7.01. The maximum absolute atomic E-state index is 13.6. The predicted octanol–water partition coefficient (Wildman–Crippen LogP) is 2.45. The summed E-state index contributed by atoms with van der Waals surface area (Å²) >= 11 is 0. The lowest BCUT2D eigenvalue weighted by Gasteiger charge is -2.22. The molecule has 0 aliphatic carbocycles. The molecule has 6 nitrogen and oxygen atoms in total. The average Bonchev–Trinajstić information content (AvgIpc) is 2.48. The number of carbonyl (C=O) groups is 1. The molecule has 1 aliphatic rings. The Morgan fingerprint density at radius 3 is 3.00 bits per heavy atom. The van der Waals surface area contributed by atoms with Gasteiger partial charge in [-0.25, -0.2) is 4.39 Å². The number of halogens is 1. The zero-order valence-electron chi connectivity index (χ0n) is 11.6. The highest BCUT2D eigenvalue weighted by Crippen LogP contribution is 2.27. The Balaban J connectivity index is 1.94. The largest absolute Gasteiger partial charge is 0.318 e. The van der Waals surface area contributed by atoms with E-state index in [1.54, 1.807) is 0 Å². The molecule has 1 atom stereocenters. The molecule has 21 heavy (non-hydrogen) atoms. The Morgan fingerprint density at radius 1 is 1.52 bits per heavy atom. The molecule has 114 valence electrons. The quantitative estimate of drug-likeness (QED) is 0.645. The van der Waals surface area contributed by atoms with Crippen LogP contribution >= 0.6 is 0 Å². The zero-order chi connectivity index (χ0) is 15.2. The molecule has 1 aliphatic heterocycles. The van der Waals surface area contributed by atoms with E-state index >= 15 is 0 Å². The van der Waals surface area contributed by atoms with Gasteiger partial charge in [-0.15, -0.1) is 0 Å².